The summed E-state index contributed by atoms with van der Waals surface area (Å²) in [4.78, 5) is 5.38. The maximum absolute atomic E-state index is 9.49. The number of hydrogen-bond acceptors (Lipinski definition) is 4. The minimum absolute atomic E-state index is 0.363. The number of hydrogen-bond donors (Lipinski definition) is 1. The first-order valence-electron chi connectivity index (χ1n) is 6.15. The van der Waals surface area contributed by atoms with Gasteiger partial charge in [-0.3, -0.25) is 4.40 Å². The molecule has 0 aliphatic rings. The van der Waals surface area contributed by atoms with E-state index in [0.29, 0.717) is 17.4 Å². The molecule has 0 amide bonds. The summed E-state index contributed by atoms with van der Waals surface area (Å²) < 4.78 is 7.63. The predicted octanol–water partition coefficient (Wildman–Crippen LogP) is 3.68. The van der Waals surface area contributed by atoms with E-state index in [-0.39, 0.29) is 0 Å². The largest absolute Gasteiger partial charge is 0.486 e. The van der Waals surface area contributed by atoms with E-state index in [1.54, 1.807) is 36.5 Å². The molecule has 0 aliphatic heterocycles. The van der Waals surface area contributed by atoms with Gasteiger partial charge >= 0.3 is 0 Å². The van der Waals surface area contributed by atoms with E-state index in [0.717, 1.165) is 16.2 Å². The van der Waals surface area contributed by atoms with Gasteiger partial charge in [-0.1, -0.05) is 17.7 Å². The first-order chi connectivity index (χ1) is 9.63. The topological polar surface area (TPSA) is 46.8 Å². The standard InChI is InChI=1S/C14H13ClN2O2S/c1-9(18)10-2-3-13(12(15)6-10)19-8-11-7-17-4-5-20-14(17)16-11/h2-7,9,18H,8H2,1H3/t9-/m0/s1. The maximum Gasteiger partial charge on any atom is 0.193 e. The third kappa shape index (κ3) is 2.65. The quantitative estimate of drug-likeness (QED) is 0.799. The smallest absolute Gasteiger partial charge is 0.193 e. The van der Waals surface area contributed by atoms with Crippen LogP contribution in [-0.4, -0.2) is 14.5 Å². The molecular formula is C14H13ClN2O2S. The summed E-state index contributed by atoms with van der Waals surface area (Å²) in [6.07, 6.45) is 3.35. The fourth-order valence-electron chi connectivity index (χ4n) is 1.89. The Labute approximate surface area is 125 Å². The highest BCUT2D eigenvalue weighted by Gasteiger charge is 2.08. The molecule has 20 heavy (non-hydrogen) atoms. The molecule has 2 aromatic heterocycles. The zero-order valence-corrected chi connectivity index (χ0v) is 12.4. The predicted molar refractivity (Wildman–Crippen MR) is 79.5 cm³/mol. The van der Waals surface area contributed by atoms with Crippen molar-refractivity contribution in [2.24, 2.45) is 0 Å². The van der Waals surface area contributed by atoms with Crippen molar-refractivity contribution in [2.45, 2.75) is 19.6 Å². The Morgan fingerprint density at radius 1 is 1.50 bits per heavy atom. The van der Waals surface area contributed by atoms with Gasteiger partial charge < -0.3 is 9.84 Å². The Hall–Kier alpha value is -1.56. The lowest BCUT2D eigenvalue weighted by Gasteiger charge is -2.09. The zero-order valence-electron chi connectivity index (χ0n) is 10.8. The maximum atomic E-state index is 9.49. The molecule has 0 bridgehead atoms. The van der Waals surface area contributed by atoms with Crippen LogP contribution in [-0.2, 0) is 6.61 Å². The van der Waals surface area contributed by atoms with Crippen molar-refractivity contribution in [1.82, 2.24) is 9.38 Å². The Morgan fingerprint density at radius 2 is 2.35 bits per heavy atom. The fraction of sp³-hybridized carbons (Fsp3) is 0.214. The molecule has 0 fully saturated rings. The molecular weight excluding hydrogens is 296 g/mol. The number of imidazole rings is 1. The SMILES string of the molecule is C[C@H](O)c1ccc(OCc2cn3ccsc3n2)c(Cl)c1. The van der Waals surface area contributed by atoms with Crippen molar-refractivity contribution in [3.05, 3.63) is 52.3 Å². The van der Waals surface area contributed by atoms with E-state index in [2.05, 4.69) is 4.98 Å². The summed E-state index contributed by atoms with van der Waals surface area (Å²) in [5.74, 6) is 0.590. The van der Waals surface area contributed by atoms with E-state index >= 15 is 0 Å². The summed E-state index contributed by atoms with van der Waals surface area (Å²) in [6.45, 7) is 2.06. The van der Waals surface area contributed by atoms with Gasteiger partial charge in [0.1, 0.15) is 12.4 Å². The first-order valence-corrected chi connectivity index (χ1v) is 7.40. The van der Waals surface area contributed by atoms with E-state index in [1.807, 2.05) is 22.2 Å². The van der Waals surface area contributed by atoms with E-state index in [9.17, 15) is 5.11 Å². The number of aliphatic hydroxyl groups is 1. The van der Waals surface area contributed by atoms with Crippen LogP contribution >= 0.6 is 22.9 Å². The molecule has 6 heteroatoms. The monoisotopic (exact) mass is 308 g/mol. The average Bonchev–Trinajstić information content (AvgIpc) is 2.97. The number of ether oxygens (including phenoxy) is 1. The summed E-state index contributed by atoms with van der Waals surface area (Å²) in [5, 5.41) is 12.0. The second-order valence-electron chi connectivity index (χ2n) is 4.48. The zero-order chi connectivity index (χ0) is 14.1. The van der Waals surface area contributed by atoms with Gasteiger partial charge in [0.2, 0.25) is 0 Å². The molecule has 0 unspecified atom stereocenters. The van der Waals surface area contributed by atoms with Crippen LogP contribution in [0, 0.1) is 0 Å². The van der Waals surface area contributed by atoms with Crippen LogP contribution in [0.15, 0.2) is 36.0 Å². The van der Waals surface area contributed by atoms with Gasteiger partial charge in [0.15, 0.2) is 4.96 Å². The fourth-order valence-corrected chi connectivity index (χ4v) is 2.85. The van der Waals surface area contributed by atoms with Crippen molar-refractivity contribution in [2.75, 3.05) is 0 Å². The highest BCUT2D eigenvalue weighted by atomic mass is 35.5. The Balaban J connectivity index is 1.73. The van der Waals surface area contributed by atoms with Crippen LogP contribution in [0.2, 0.25) is 5.02 Å². The van der Waals surface area contributed by atoms with Crippen LogP contribution in [0.3, 0.4) is 0 Å². The number of fused-ring (bicyclic) bond motifs is 1. The van der Waals surface area contributed by atoms with Gasteiger partial charge in [0.25, 0.3) is 0 Å². The molecule has 1 atom stereocenters. The Bertz CT molecular complexity index is 707. The lowest BCUT2D eigenvalue weighted by molar-refractivity contribution is 0.199. The van der Waals surface area contributed by atoms with Crippen LogP contribution in [0.5, 0.6) is 5.75 Å². The number of benzene rings is 1. The number of rotatable bonds is 4. The molecule has 3 aromatic rings. The Morgan fingerprint density at radius 3 is 3.05 bits per heavy atom. The third-order valence-electron chi connectivity index (χ3n) is 2.96. The molecule has 4 nitrogen and oxygen atoms in total. The Kier molecular flexibility index (Phi) is 3.65. The molecule has 1 N–H and O–H groups in total. The molecule has 0 spiro atoms. The number of halogens is 1. The van der Waals surface area contributed by atoms with Crippen molar-refractivity contribution in [3.63, 3.8) is 0 Å². The van der Waals surface area contributed by atoms with Gasteiger partial charge in [-0.05, 0) is 24.6 Å². The lowest BCUT2D eigenvalue weighted by atomic mass is 10.1. The summed E-state index contributed by atoms with van der Waals surface area (Å²) in [7, 11) is 0. The molecule has 3 rings (SSSR count). The number of thiazole rings is 1. The van der Waals surface area contributed by atoms with E-state index in [1.165, 1.54) is 0 Å². The van der Waals surface area contributed by atoms with Gasteiger partial charge in [0.05, 0.1) is 16.8 Å². The van der Waals surface area contributed by atoms with E-state index < -0.39 is 6.10 Å². The normalized spacial score (nSPS) is 12.8. The summed E-state index contributed by atoms with van der Waals surface area (Å²) in [5.41, 5.74) is 1.62. The second-order valence-corrected chi connectivity index (χ2v) is 5.76. The minimum atomic E-state index is -0.540. The van der Waals surface area contributed by atoms with E-state index in [4.69, 9.17) is 16.3 Å². The highest BCUT2D eigenvalue weighted by molar-refractivity contribution is 7.15. The van der Waals surface area contributed by atoms with Crippen molar-refractivity contribution in [1.29, 1.82) is 0 Å². The van der Waals surface area contributed by atoms with Crippen molar-refractivity contribution < 1.29 is 9.84 Å². The molecule has 0 saturated heterocycles. The lowest BCUT2D eigenvalue weighted by Crippen LogP contribution is -1.97. The number of aliphatic hydroxyl groups excluding tert-OH is 1. The van der Waals surface area contributed by atoms with Gasteiger partial charge in [0, 0.05) is 17.8 Å². The van der Waals surface area contributed by atoms with Crippen molar-refractivity contribution in [3.8, 4) is 5.75 Å². The molecule has 0 radical (unpaired) electrons. The van der Waals surface area contributed by atoms with Crippen molar-refractivity contribution >= 4 is 27.9 Å². The summed E-state index contributed by atoms with van der Waals surface area (Å²) >= 11 is 7.72. The molecule has 0 aliphatic carbocycles. The number of nitrogens with zero attached hydrogens (tertiary/aromatic N) is 2. The van der Waals surface area contributed by atoms with Gasteiger partial charge in [-0.25, -0.2) is 4.98 Å². The molecule has 1 aromatic carbocycles. The third-order valence-corrected chi connectivity index (χ3v) is 4.02. The van der Waals surface area contributed by atoms with Crippen LogP contribution in [0.25, 0.3) is 4.96 Å². The highest BCUT2D eigenvalue weighted by Crippen LogP contribution is 2.28. The second kappa shape index (κ2) is 5.44. The summed E-state index contributed by atoms with van der Waals surface area (Å²) in [6, 6.07) is 5.29. The van der Waals surface area contributed by atoms with Gasteiger partial charge in [-0.2, -0.15) is 0 Å². The first kappa shape index (κ1) is 13.4. The number of aromatic nitrogens is 2. The van der Waals surface area contributed by atoms with Crippen LogP contribution < -0.4 is 4.74 Å². The van der Waals surface area contributed by atoms with Gasteiger partial charge in [-0.15, -0.1) is 11.3 Å². The van der Waals surface area contributed by atoms with Crippen LogP contribution in [0.4, 0.5) is 0 Å². The average molecular weight is 309 g/mol. The molecule has 2 heterocycles. The molecule has 0 saturated carbocycles. The van der Waals surface area contributed by atoms with Crippen LogP contribution in [0.1, 0.15) is 24.3 Å². The molecule has 104 valence electrons. The minimum Gasteiger partial charge on any atom is -0.486 e.